The van der Waals surface area contributed by atoms with Gasteiger partial charge in [-0.2, -0.15) is 18.4 Å². The molecule has 0 unspecified atom stereocenters. The summed E-state index contributed by atoms with van der Waals surface area (Å²) in [6.07, 6.45) is -0.323. The van der Waals surface area contributed by atoms with Crippen LogP contribution in [-0.2, 0) is 16.0 Å². The van der Waals surface area contributed by atoms with Crippen LogP contribution < -0.4 is 0 Å². The summed E-state index contributed by atoms with van der Waals surface area (Å²) in [5.74, 6) is -0.671. The smallest absolute Gasteiger partial charge is 0.446 e. The lowest BCUT2D eigenvalue weighted by molar-refractivity contribution is -0.139. The summed E-state index contributed by atoms with van der Waals surface area (Å²) in [5.41, 5.74) is -4.59. The standard InChI is InChI=1S/C11H7BrF3NO2S/c1-18-9(17)4-6-2-3-8(12)7(5-16)10(6)19-11(13,14)15/h2-3H,4H2,1H3. The molecule has 0 N–H and O–H groups in total. The van der Waals surface area contributed by atoms with Gasteiger partial charge in [0.05, 0.1) is 19.1 Å². The molecule has 0 aliphatic heterocycles. The first-order valence-corrected chi connectivity index (χ1v) is 6.43. The summed E-state index contributed by atoms with van der Waals surface area (Å²) in [4.78, 5) is 10.9. The molecule has 0 amide bonds. The maximum atomic E-state index is 12.5. The van der Waals surface area contributed by atoms with Crippen LogP contribution in [0.15, 0.2) is 21.5 Å². The van der Waals surface area contributed by atoms with Gasteiger partial charge < -0.3 is 4.74 Å². The zero-order valence-electron chi connectivity index (χ0n) is 9.55. The molecular formula is C11H7BrF3NO2S. The second-order valence-corrected chi connectivity index (χ2v) is 5.25. The topological polar surface area (TPSA) is 50.1 Å². The molecule has 1 rings (SSSR count). The van der Waals surface area contributed by atoms with Crippen LogP contribution in [0.2, 0.25) is 0 Å². The molecule has 3 nitrogen and oxygen atoms in total. The molecule has 0 saturated heterocycles. The number of benzene rings is 1. The number of thioether (sulfide) groups is 1. The highest BCUT2D eigenvalue weighted by molar-refractivity contribution is 9.10. The summed E-state index contributed by atoms with van der Waals surface area (Å²) < 4.78 is 42.2. The van der Waals surface area contributed by atoms with E-state index in [-0.39, 0.29) is 26.9 Å². The quantitative estimate of drug-likeness (QED) is 0.614. The average molecular weight is 354 g/mol. The predicted molar refractivity (Wildman–Crippen MR) is 66.5 cm³/mol. The van der Waals surface area contributed by atoms with Crippen molar-refractivity contribution in [2.45, 2.75) is 16.8 Å². The maximum Gasteiger partial charge on any atom is 0.446 e. The number of carbonyl (C=O) groups excluding carboxylic acids is 1. The number of ether oxygens (including phenoxy) is 1. The number of nitriles is 1. The van der Waals surface area contributed by atoms with Gasteiger partial charge in [-0.1, -0.05) is 6.07 Å². The molecule has 0 fully saturated rings. The molecule has 102 valence electrons. The Kier molecular flexibility index (Phi) is 5.26. The van der Waals surface area contributed by atoms with Crippen LogP contribution >= 0.6 is 27.7 Å². The van der Waals surface area contributed by atoms with Gasteiger partial charge in [0.1, 0.15) is 6.07 Å². The Balaban J connectivity index is 3.31. The van der Waals surface area contributed by atoms with Gasteiger partial charge in [0.25, 0.3) is 0 Å². The van der Waals surface area contributed by atoms with Crippen molar-refractivity contribution in [3.63, 3.8) is 0 Å². The van der Waals surface area contributed by atoms with Crippen LogP contribution in [0.25, 0.3) is 0 Å². The summed E-state index contributed by atoms with van der Waals surface area (Å²) in [6, 6.07) is 4.48. The minimum absolute atomic E-state index is 0.105. The molecule has 0 atom stereocenters. The second-order valence-electron chi connectivity index (χ2n) is 3.32. The van der Waals surface area contributed by atoms with Crippen LogP contribution in [0.5, 0.6) is 0 Å². The third-order valence-electron chi connectivity index (χ3n) is 2.08. The van der Waals surface area contributed by atoms with E-state index < -0.39 is 23.2 Å². The largest absolute Gasteiger partial charge is 0.469 e. The normalized spacial score (nSPS) is 10.9. The first kappa shape index (κ1) is 15.9. The highest BCUT2D eigenvalue weighted by Crippen LogP contribution is 2.42. The van der Waals surface area contributed by atoms with Crippen LogP contribution in [0.1, 0.15) is 11.1 Å². The highest BCUT2D eigenvalue weighted by atomic mass is 79.9. The zero-order valence-corrected chi connectivity index (χ0v) is 11.9. The molecular weight excluding hydrogens is 347 g/mol. The third kappa shape index (κ3) is 4.44. The molecule has 8 heteroatoms. The lowest BCUT2D eigenvalue weighted by atomic mass is 10.1. The molecule has 1 aromatic carbocycles. The SMILES string of the molecule is COC(=O)Cc1ccc(Br)c(C#N)c1SC(F)(F)F. The Morgan fingerprint density at radius 2 is 2.16 bits per heavy atom. The fraction of sp³-hybridized carbons (Fsp3) is 0.273. The van der Waals surface area contributed by atoms with Crippen LogP contribution in [-0.4, -0.2) is 18.6 Å². The van der Waals surface area contributed by atoms with Gasteiger partial charge >= 0.3 is 11.5 Å². The van der Waals surface area contributed by atoms with Crippen LogP contribution in [0.4, 0.5) is 13.2 Å². The van der Waals surface area contributed by atoms with Crippen molar-refractivity contribution in [1.82, 2.24) is 0 Å². The Morgan fingerprint density at radius 3 is 2.63 bits per heavy atom. The van der Waals surface area contributed by atoms with E-state index in [1.165, 1.54) is 12.1 Å². The first-order valence-electron chi connectivity index (χ1n) is 4.82. The van der Waals surface area contributed by atoms with E-state index in [4.69, 9.17) is 5.26 Å². The molecule has 0 spiro atoms. The van der Waals surface area contributed by atoms with Gasteiger partial charge in [-0.05, 0) is 39.3 Å². The minimum atomic E-state index is -4.54. The summed E-state index contributed by atoms with van der Waals surface area (Å²) in [6.45, 7) is 0. The van der Waals surface area contributed by atoms with Gasteiger partial charge in [0.2, 0.25) is 0 Å². The molecule has 0 radical (unpaired) electrons. The van der Waals surface area contributed by atoms with E-state index in [1.54, 1.807) is 6.07 Å². The third-order valence-corrected chi connectivity index (χ3v) is 3.64. The van der Waals surface area contributed by atoms with E-state index in [2.05, 4.69) is 20.7 Å². The van der Waals surface area contributed by atoms with Gasteiger partial charge in [-0.15, -0.1) is 0 Å². The number of methoxy groups -OCH3 is 1. The molecule has 0 aliphatic rings. The number of alkyl halides is 3. The molecule has 0 bridgehead atoms. The summed E-state index contributed by atoms with van der Waals surface area (Å²) >= 11 is 2.60. The number of halogens is 4. The molecule has 0 saturated carbocycles. The van der Waals surface area contributed by atoms with Gasteiger partial charge in [0, 0.05) is 9.37 Å². The maximum absolute atomic E-state index is 12.5. The van der Waals surface area contributed by atoms with Crippen molar-refractivity contribution in [2.24, 2.45) is 0 Å². The number of rotatable bonds is 3. The number of hydrogen-bond acceptors (Lipinski definition) is 4. The highest BCUT2D eigenvalue weighted by Gasteiger charge is 2.32. The van der Waals surface area contributed by atoms with E-state index in [1.807, 2.05) is 0 Å². The van der Waals surface area contributed by atoms with Crippen LogP contribution in [0, 0.1) is 11.3 Å². The zero-order chi connectivity index (χ0) is 14.6. The predicted octanol–water partition coefficient (Wildman–Crippen LogP) is 3.65. The monoisotopic (exact) mass is 353 g/mol. The fourth-order valence-electron chi connectivity index (χ4n) is 1.31. The fourth-order valence-corrected chi connectivity index (χ4v) is 2.62. The number of hydrogen-bond donors (Lipinski definition) is 0. The van der Waals surface area contributed by atoms with Crippen molar-refractivity contribution in [3.8, 4) is 6.07 Å². The lowest BCUT2D eigenvalue weighted by Crippen LogP contribution is -2.09. The van der Waals surface area contributed by atoms with Crippen LogP contribution in [0.3, 0.4) is 0 Å². The van der Waals surface area contributed by atoms with Crippen molar-refractivity contribution in [3.05, 3.63) is 27.7 Å². The molecule has 19 heavy (non-hydrogen) atoms. The van der Waals surface area contributed by atoms with Crippen molar-refractivity contribution >= 4 is 33.7 Å². The Bertz CT molecular complexity index is 540. The van der Waals surface area contributed by atoms with E-state index in [0.29, 0.717) is 0 Å². The van der Waals surface area contributed by atoms with Crippen molar-refractivity contribution in [2.75, 3.05) is 7.11 Å². The molecule has 0 aromatic heterocycles. The number of esters is 1. The summed E-state index contributed by atoms with van der Waals surface area (Å²) in [7, 11) is 1.14. The van der Waals surface area contributed by atoms with Gasteiger partial charge in [-0.25, -0.2) is 0 Å². The van der Waals surface area contributed by atoms with Gasteiger partial charge in [-0.3, -0.25) is 4.79 Å². The van der Waals surface area contributed by atoms with Crippen molar-refractivity contribution in [1.29, 1.82) is 5.26 Å². The second kappa shape index (κ2) is 6.30. The average Bonchev–Trinajstić information content (AvgIpc) is 2.31. The molecule has 0 heterocycles. The van der Waals surface area contributed by atoms with E-state index >= 15 is 0 Å². The Hall–Kier alpha value is -1.20. The van der Waals surface area contributed by atoms with Crippen molar-refractivity contribution < 1.29 is 22.7 Å². The van der Waals surface area contributed by atoms with E-state index in [0.717, 1.165) is 7.11 Å². The number of nitrogens with zero attached hydrogens (tertiary/aromatic N) is 1. The van der Waals surface area contributed by atoms with E-state index in [9.17, 15) is 18.0 Å². The first-order chi connectivity index (χ1) is 8.78. The van der Waals surface area contributed by atoms with Gasteiger partial charge in [0.15, 0.2) is 0 Å². The summed E-state index contributed by atoms with van der Waals surface area (Å²) in [5, 5.41) is 8.94. The Labute approximate surface area is 119 Å². The minimum Gasteiger partial charge on any atom is -0.469 e. The number of carbonyl (C=O) groups is 1. The lowest BCUT2D eigenvalue weighted by Gasteiger charge is -2.13. The molecule has 1 aromatic rings. The Morgan fingerprint density at radius 1 is 1.53 bits per heavy atom. The molecule has 0 aliphatic carbocycles.